The molecule has 1 fully saturated rings. The Morgan fingerprint density at radius 2 is 1.89 bits per heavy atom. The Hall–Kier alpha value is -2.13. The fraction of sp³-hybridized carbons (Fsp3) is 0.556. The number of sulfonamides is 1. The minimum atomic E-state index is -3.79. The molecule has 2 rings (SSSR count). The van der Waals surface area contributed by atoms with E-state index in [4.69, 9.17) is 4.74 Å². The van der Waals surface area contributed by atoms with Crippen molar-refractivity contribution in [2.45, 2.75) is 44.0 Å². The Balaban J connectivity index is 2.33. The van der Waals surface area contributed by atoms with E-state index in [0.717, 1.165) is 12.8 Å². The molecule has 8 nitrogen and oxygen atoms in total. The van der Waals surface area contributed by atoms with Gasteiger partial charge in [-0.25, -0.2) is 13.2 Å². The molecule has 1 atom stereocenters. The van der Waals surface area contributed by atoms with Gasteiger partial charge in [-0.05, 0) is 43.4 Å². The SMILES string of the molecule is COc1ccc(C(=O)N[C@H](CC(C)C)C(=O)O)cc1S(=O)(=O)N1CCCC1. The first-order valence-electron chi connectivity index (χ1n) is 8.88. The Labute approximate surface area is 159 Å². The monoisotopic (exact) mass is 398 g/mol. The number of hydrogen-bond acceptors (Lipinski definition) is 5. The fourth-order valence-corrected chi connectivity index (χ4v) is 4.72. The van der Waals surface area contributed by atoms with Gasteiger partial charge in [-0.15, -0.1) is 0 Å². The summed E-state index contributed by atoms with van der Waals surface area (Å²) in [7, 11) is -2.43. The zero-order valence-electron chi connectivity index (χ0n) is 15.8. The molecule has 0 aliphatic carbocycles. The van der Waals surface area contributed by atoms with Crippen molar-refractivity contribution in [3.8, 4) is 5.75 Å². The van der Waals surface area contributed by atoms with Crippen molar-refractivity contribution in [2.24, 2.45) is 5.92 Å². The summed E-state index contributed by atoms with van der Waals surface area (Å²) < 4.78 is 32.3. The number of methoxy groups -OCH3 is 1. The zero-order valence-corrected chi connectivity index (χ0v) is 16.6. The summed E-state index contributed by atoms with van der Waals surface area (Å²) >= 11 is 0. The molecule has 1 saturated heterocycles. The third-order valence-electron chi connectivity index (χ3n) is 4.42. The second kappa shape index (κ2) is 8.71. The Morgan fingerprint density at radius 1 is 1.26 bits per heavy atom. The predicted octanol–water partition coefficient (Wildman–Crippen LogP) is 1.71. The van der Waals surface area contributed by atoms with Crippen LogP contribution in [0.1, 0.15) is 43.5 Å². The van der Waals surface area contributed by atoms with E-state index in [1.54, 1.807) is 0 Å². The van der Waals surface area contributed by atoms with Crippen LogP contribution >= 0.6 is 0 Å². The van der Waals surface area contributed by atoms with Gasteiger partial charge >= 0.3 is 5.97 Å². The summed E-state index contributed by atoms with van der Waals surface area (Å²) in [6.07, 6.45) is 1.85. The van der Waals surface area contributed by atoms with Crippen molar-refractivity contribution in [3.63, 3.8) is 0 Å². The normalized spacial score (nSPS) is 16.3. The topological polar surface area (TPSA) is 113 Å². The average Bonchev–Trinajstić information content (AvgIpc) is 3.15. The molecule has 9 heteroatoms. The van der Waals surface area contributed by atoms with Crippen LogP contribution in [0, 0.1) is 5.92 Å². The quantitative estimate of drug-likeness (QED) is 0.689. The molecule has 0 spiro atoms. The third-order valence-corrected chi connectivity index (χ3v) is 6.34. The number of carboxylic acid groups (broad SMARTS) is 1. The minimum Gasteiger partial charge on any atom is -0.495 e. The molecular formula is C18H26N2O6S. The number of rotatable bonds is 8. The summed E-state index contributed by atoms with van der Waals surface area (Å²) in [5.74, 6) is -1.54. The van der Waals surface area contributed by atoms with Gasteiger partial charge in [0.25, 0.3) is 5.91 Å². The maximum absolute atomic E-state index is 12.9. The second-order valence-corrected chi connectivity index (χ2v) is 8.88. The molecule has 1 aromatic carbocycles. The second-order valence-electron chi connectivity index (χ2n) is 6.97. The Kier molecular flexibility index (Phi) is 6.83. The van der Waals surface area contributed by atoms with Crippen molar-refractivity contribution in [3.05, 3.63) is 23.8 Å². The van der Waals surface area contributed by atoms with Gasteiger partial charge in [0.05, 0.1) is 7.11 Å². The van der Waals surface area contributed by atoms with E-state index in [9.17, 15) is 23.1 Å². The van der Waals surface area contributed by atoms with Crippen LogP contribution in [0.4, 0.5) is 0 Å². The van der Waals surface area contributed by atoms with Crippen LogP contribution in [0.2, 0.25) is 0 Å². The van der Waals surface area contributed by atoms with E-state index in [1.165, 1.54) is 29.6 Å². The van der Waals surface area contributed by atoms with E-state index in [-0.39, 0.29) is 28.5 Å². The maximum atomic E-state index is 12.9. The van der Waals surface area contributed by atoms with Gasteiger partial charge in [0.15, 0.2) is 0 Å². The van der Waals surface area contributed by atoms with Gasteiger partial charge in [0.2, 0.25) is 10.0 Å². The Bertz CT molecular complexity index is 800. The van der Waals surface area contributed by atoms with E-state index >= 15 is 0 Å². The van der Waals surface area contributed by atoms with Crippen LogP contribution < -0.4 is 10.1 Å². The first-order valence-corrected chi connectivity index (χ1v) is 10.3. The maximum Gasteiger partial charge on any atom is 0.326 e. The number of benzene rings is 1. The third kappa shape index (κ3) is 4.98. The van der Waals surface area contributed by atoms with E-state index in [2.05, 4.69) is 5.32 Å². The summed E-state index contributed by atoms with van der Waals surface area (Å²) in [5, 5.41) is 11.8. The standard InChI is InChI=1S/C18H26N2O6S/c1-12(2)10-14(18(22)23)19-17(21)13-6-7-15(26-3)16(11-13)27(24,25)20-8-4-5-9-20/h6-7,11-12,14H,4-5,8-10H2,1-3H3,(H,19,21)(H,22,23)/t14-/m1/s1. The highest BCUT2D eigenvalue weighted by molar-refractivity contribution is 7.89. The van der Waals surface area contributed by atoms with Gasteiger partial charge < -0.3 is 15.2 Å². The largest absolute Gasteiger partial charge is 0.495 e. The molecule has 150 valence electrons. The molecule has 0 saturated carbocycles. The van der Waals surface area contributed by atoms with Gasteiger partial charge in [0.1, 0.15) is 16.7 Å². The molecule has 1 aromatic rings. The first kappa shape index (κ1) is 21.2. The van der Waals surface area contributed by atoms with Gasteiger partial charge in [-0.3, -0.25) is 4.79 Å². The number of aliphatic carboxylic acids is 1. The molecule has 0 aromatic heterocycles. The lowest BCUT2D eigenvalue weighted by Crippen LogP contribution is -2.41. The lowest BCUT2D eigenvalue weighted by molar-refractivity contribution is -0.139. The smallest absolute Gasteiger partial charge is 0.326 e. The molecule has 1 amide bonds. The number of carbonyl (C=O) groups excluding carboxylic acids is 1. The number of nitrogens with zero attached hydrogens (tertiary/aromatic N) is 1. The number of amides is 1. The molecule has 2 N–H and O–H groups in total. The van der Waals surface area contributed by atoms with Crippen molar-refractivity contribution in [1.82, 2.24) is 9.62 Å². The van der Waals surface area contributed by atoms with Crippen molar-refractivity contribution in [1.29, 1.82) is 0 Å². The van der Waals surface area contributed by atoms with E-state index < -0.39 is 27.9 Å². The van der Waals surface area contributed by atoms with Crippen molar-refractivity contribution in [2.75, 3.05) is 20.2 Å². The van der Waals surface area contributed by atoms with E-state index in [1.807, 2.05) is 13.8 Å². The van der Waals surface area contributed by atoms with Crippen LogP contribution in [-0.2, 0) is 14.8 Å². The van der Waals surface area contributed by atoms with Crippen LogP contribution in [-0.4, -0.2) is 55.9 Å². The van der Waals surface area contributed by atoms with Gasteiger partial charge in [-0.2, -0.15) is 4.31 Å². The van der Waals surface area contributed by atoms with Gasteiger partial charge in [-0.1, -0.05) is 13.8 Å². The minimum absolute atomic E-state index is 0.0728. The van der Waals surface area contributed by atoms with Crippen LogP contribution in [0.15, 0.2) is 23.1 Å². The first-order chi connectivity index (χ1) is 12.7. The lowest BCUT2D eigenvalue weighted by Gasteiger charge is -2.19. The number of hydrogen-bond donors (Lipinski definition) is 2. The highest BCUT2D eigenvalue weighted by Gasteiger charge is 2.31. The molecule has 1 aliphatic heterocycles. The van der Waals surface area contributed by atoms with Crippen LogP contribution in [0.3, 0.4) is 0 Å². The highest BCUT2D eigenvalue weighted by Crippen LogP contribution is 2.29. The fourth-order valence-electron chi connectivity index (χ4n) is 3.02. The number of carbonyl (C=O) groups is 2. The molecule has 0 unspecified atom stereocenters. The summed E-state index contributed by atoms with van der Waals surface area (Å²) in [6.45, 7) is 4.57. The predicted molar refractivity (Wildman–Crippen MR) is 99.3 cm³/mol. The number of carboxylic acids is 1. The number of ether oxygens (including phenoxy) is 1. The Morgan fingerprint density at radius 3 is 2.41 bits per heavy atom. The molecule has 0 radical (unpaired) electrons. The number of nitrogens with one attached hydrogen (secondary N) is 1. The molecule has 1 aliphatic rings. The van der Waals surface area contributed by atoms with Gasteiger partial charge in [0, 0.05) is 18.7 Å². The van der Waals surface area contributed by atoms with Crippen LogP contribution in [0.25, 0.3) is 0 Å². The lowest BCUT2D eigenvalue weighted by atomic mass is 10.0. The van der Waals surface area contributed by atoms with E-state index in [0.29, 0.717) is 13.1 Å². The van der Waals surface area contributed by atoms with Crippen LogP contribution in [0.5, 0.6) is 5.75 Å². The highest BCUT2D eigenvalue weighted by atomic mass is 32.2. The summed E-state index contributed by atoms with van der Waals surface area (Å²) in [5.41, 5.74) is 0.0728. The molecular weight excluding hydrogens is 372 g/mol. The molecule has 1 heterocycles. The average molecular weight is 398 g/mol. The summed E-state index contributed by atoms with van der Waals surface area (Å²) in [6, 6.07) is 3.04. The zero-order chi connectivity index (χ0) is 20.2. The molecule has 27 heavy (non-hydrogen) atoms. The van der Waals surface area contributed by atoms with Crippen molar-refractivity contribution >= 4 is 21.9 Å². The summed E-state index contributed by atoms with van der Waals surface area (Å²) in [4.78, 5) is 23.8. The molecule has 0 bridgehead atoms. The van der Waals surface area contributed by atoms with Crippen molar-refractivity contribution < 1.29 is 27.9 Å².